The van der Waals surface area contributed by atoms with E-state index < -0.39 is 17.7 Å². The lowest BCUT2D eigenvalue weighted by Gasteiger charge is -2.19. The Kier molecular flexibility index (Phi) is 3.60. The van der Waals surface area contributed by atoms with Crippen molar-refractivity contribution in [3.05, 3.63) is 77.5 Å². The van der Waals surface area contributed by atoms with Gasteiger partial charge < -0.3 is 0 Å². The minimum atomic E-state index is -0.902. The Hall–Kier alpha value is -2.37. The molecule has 1 unspecified atom stereocenters. The third kappa shape index (κ3) is 2.37. The van der Waals surface area contributed by atoms with Crippen molar-refractivity contribution in [1.29, 1.82) is 0 Å². The Bertz CT molecular complexity index is 784. The first-order valence-corrected chi connectivity index (χ1v) is 6.46. The summed E-state index contributed by atoms with van der Waals surface area (Å²) in [5.74, 6) is 3.79. The molecule has 0 radical (unpaired) electrons. The van der Waals surface area contributed by atoms with Gasteiger partial charge in [0.05, 0.1) is 11.6 Å². The molecule has 0 spiro atoms. The summed E-state index contributed by atoms with van der Waals surface area (Å²) in [6.45, 7) is 0. The molecule has 0 amide bonds. The van der Waals surface area contributed by atoms with Gasteiger partial charge in [-0.1, -0.05) is 30.3 Å². The van der Waals surface area contributed by atoms with Crippen LogP contribution in [0.4, 0.5) is 8.78 Å². The van der Waals surface area contributed by atoms with Gasteiger partial charge in [0.15, 0.2) is 11.6 Å². The highest BCUT2D eigenvalue weighted by atomic mass is 19.2. The van der Waals surface area contributed by atoms with Crippen LogP contribution in [-0.2, 0) is 0 Å². The molecule has 0 aliphatic carbocycles. The number of aromatic nitrogens is 1. The molecule has 3 aromatic rings. The monoisotopic (exact) mass is 285 g/mol. The van der Waals surface area contributed by atoms with E-state index in [-0.39, 0.29) is 5.56 Å². The average Bonchev–Trinajstić information content (AvgIpc) is 2.52. The Labute approximate surface area is 120 Å². The number of benzene rings is 2. The van der Waals surface area contributed by atoms with Crippen LogP contribution in [0.15, 0.2) is 54.7 Å². The van der Waals surface area contributed by atoms with Crippen molar-refractivity contribution in [2.24, 2.45) is 5.84 Å². The first kappa shape index (κ1) is 13.6. The van der Waals surface area contributed by atoms with Gasteiger partial charge in [0.1, 0.15) is 0 Å². The number of hydrogen-bond donors (Lipinski definition) is 2. The van der Waals surface area contributed by atoms with Crippen molar-refractivity contribution in [3.8, 4) is 0 Å². The van der Waals surface area contributed by atoms with Gasteiger partial charge >= 0.3 is 0 Å². The van der Waals surface area contributed by atoms with E-state index >= 15 is 0 Å². The maximum absolute atomic E-state index is 14.0. The minimum absolute atomic E-state index is 0.161. The summed E-state index contributed by atoms with van der Waals surface area (Å²) in [5, 5.41) is 0.839. The minimum Gasteiger partial charge on any atom is -0.271 e. The summed E-state index contributed by atoms with van der Waals surface area (Å²) in [6, 6.07) is 12.6. The first-order valence-electron chi connectivity index (χ1n) is 6.46. The van der Waals surface area contributed by atoms with Gasteiger partial charge in [0.25, 0.3) is 0 Å². The Morgan fingerprint density at radius 2 is 1.76 bits per heavy atom. The molecule has 0 bridgehead atoms. The lowest BCUT2D eigenvalue weighted by atomic mass is 9.96. The van der Waals surface area contributed by atoms with E-state index in [2.05, 4.69) is 10.4 Å². The molecule has 21 heavy (non-hydrogen) atoms. The summed E-state index contributed by atoms with van der Waals surface area (Å²) < 4.78 is 27.5. The quantitative estimate of drug-likeness (QED) is 0.574. The van der Waals surface area contributed by atoms with Crippen LogP contribution in [-0.4, -0.2) is 4.98 Å². The van der Waals surface area contributed by atoms with E-state index in [4.69, 9.17) is 5.84 Å². The highest BCUT2D eigenvalue weighted by molar-refractivity contribution is 5.82. The van der Waals surface area contributed by atoms with E-state index in [0.29, 0.717) is 0 Å². The molecule has 1 heterocycles. The van der Waals surface area contributed by atoms with Crippen molar-refractivity contribution in [2.75, 3.05) is 0 Å². The summed E-state index contributed by atoms with van der Waals surface area (Å²) in [4.78, 5) is 4.26. The molecular formula is C16H13F2N3. The van der Waals surface area contributed by atoms with Gasteiger partial charge in [-0.05, 0) is 23.8 Å². The third-order valence-electron chi connectivity index (χ3n) is 3.45. The van der Waals surface area contributed by atoms with Crippen LogP contribution < -0.4 is 11.3 Å². The van der Waals surface area contributed by atoms with Crippen LogP contribution in [0.25, 0.3) is 10.9 Å². The van der Waals surface area contributed by atoms with E-state index in [1.807, 2.05) is 24.3 Å². The highest BCUT2D eigenvalue weighted by Gasteiger charge is 2.20. The molecule has 0 aliphatic rings. The van der Waals surface area contributed by atoms with Crippen LogP contribution in [0, 0.1) is 11.6 Å². The van der Waals surface area contributed by atoms with E-state index in [1.165, 1.54) is 12.1 Å². The number of hydrazine groups is 1. The number of halogens is 2. The zero-order chi connectivity index (χ0) is 14.8. The van der Waals surface area contributed by atoms with Crippen LogP contribution in [0.3, 0.4) is 0 Å². The van der Waals surface area contributed by atoms with Crippen LogP contribution in [0.5, 0.6) is 0 Å². The molecule has 106 valence electrons. The Morgan fingerprint density at radius 3 is 2.57 bits per heavy atom. The Balaban J connectivity index is 2.21. The largest absolute Gasteiger partial charge is 0.271 e. The maximum Gasteiger partial charge on any atom is 0.163 e. The molecule has 0 saturated heterocycles. The second-order valence-corrected chi connectivity index (χ2v) is 4.66. The zero-order valence-electron chi connectivity index (χ0n) is 11.1. The third-order valence-corrected chi connectivity index (χ3v) is 3.45. The van der Waals surface area contributed by atoms with Crippen LogP contribution in [0.2, 0.25) is 0 Å². The summed E-state index contributed by atoms with van der Waals surface area (Å²) in [7, 11) is 0. The summed E-state index contributed by atoms with van der Waals surface area (Å²) >= 11 is 0. The topological polar surface area (TPSA) is 50.9 Å². The molecule has 0 fully saturated rings. The number of nitrogens with two attached hydrogens (primary N) is 1. The second kappa shape index (κ2) is 5.55. The van der Waals surface area contributed by atoms with Gasteiger partial charge in [-0.25, -0.2) is 14.2 Å². The fourth-order valence-corrected chi connectivity index (χ4v) is 2.46. The fraction of sp³-hybridized carbons (Fsp3) is 0.0625. The van der Waals surface area contributed by atoms with Crippen molar-refractivity contribution in [3.63, 3.8) is 0 Å². The smallest absolute Gasteiger partial charge is 0.163 e. The average molecular weight is 285 g/mol. The highest BCUT2D eigenvalue weighted by Crippen LogP contribution is 2.29. The van der Waals surface area contributed by atoms with Gasteiger partial charge in [0.2, 0.25) is 0 Å². The SMILES string of the molecule is NNC(c1cccc(F)c1F)c1ccnc2ccccc12. The summed E-state index contributed by atoms with van der Waals surface area (Å²) in [5.41, 5.74) is 4.23. The molecule has 0 aliphatic heterocycles. The number of pyridine rings is 1. The number of para-hydroxylation sites is 1. The Morgan fingerprint density at radius 1 is 0.952 bits per heavy atom. The predicted molar refractivity (Wildman–Crippen MR) is 77.3 cm³/mol. The zero-order valence-corrected chi connectivity index (χ0v) is 11.1. The normalized spacial score (nSPS) is 12.5. The lowest BCUT2D eigenvalue weighted by Crippen LogP contribution is -2.30. The van der Waals surface area contributed by atoms with Crippen LogP contribution in [0.1, 0.15) is 17.2 Å². The van der Waals surface area contributed by atoms with Gasteiger partial charge in [-0.15, -0.1) is 0 Å². The predicted octanol–water partition coefficient (Wildman–Crippen LogP) is 3.07. The van der Waals surface area contributed by atoms with Gasteiger partial charge in [-0.3, -0.25) is 10.8 Å². The van der Waals surface area contributed by atoms with Crippen molar-refractivity contribution in [2.45, 2.75) is 6.04 Å². The van der Waals surface area contributed by atoms with Crippen LogP contribution >= 0.6 is 0 Å². The van der Waals surface area contributed by atoms with Crippen molar-refractivity contribution in [1.82, 2.24) is 10.4 Å². The first-order chi connectivity index (χ1) is 10.2. The molecule has 5 heteroatoms. The van der Waals surface area contributed by atoms with Gasteiger partial charge in [0, 0.05) is 17.1 Å². The number of nitrogens with one attached hydrogen (secondary N) is 1. The molecule has 2 aromatic carbocycles. The standard InChI is InChI=1S/C16H13F2N3/c17-13-6-3-5-12(15(13)18)16(21-19)11-8-9-20-14-7-2-1-4-10(11)14/h1-9,16,21H,19H2. The molecule has 0 saturated carbocycles. The number of nitrogens with zero attached hydrogens (tertiary/aromatic N) is 1. The molecule has 1 atom stereocenters. The molecule has 3 rings (SSSR count). The van der Waals surface area contributed by atoms with E-state index in [1.54, 1.807) is 12.3 Å². The summed E-state index contributed by atoms with van der Waals surface area (Å²) in [6.07, 6.45) is 1.62. The van der Waals surface area contributed by atoms with E-state index in [9.17, 15) is 8.78 Å². The van der Waals surface area contributed by atoms with Crippen molar-refractivity contribution >= 4 is 10.9 Å². The molecular weight excluding hydrogens is 272 g/mol. The second-order valence-electron chi connectivity index (χ2n) is 4.66. The lowest BCUT2D eigenvalue weighted by molar-refractivity contribution is 0.483. The number of hydrogen-bond acceptors (Lipinski definition) is 3. The maximum atomic E-state index is 14.0. The fourth-order valence-electron chi connectivity index (χ4n) is 2.46. The van der Waals surface area contributed by atoms with Crippen molar-refractivity contribution < 1.29 is 8.78 Å². The van der Waals surface area contributed by atoms with E-state index in [0.717, 1.165) is 22.5 Å². The number of rotatable bonds is 3. The molecule has 3 nitrogen and oxygen atoms in total. The molecule has 1 aromatic heterocycles. The molecule has 3 N–H and O–H groups in total. The van der Waals surface area contributed by atoms with Gasteiger partial charge in [-0.2, -0.15) is 0 Å². The number of fused-ring (bicyclic) bond motifs is 1.